The first kappa shape index (κ1) is 55.6. The van der Waals surface area contributed by atoms with E-state index in [9.17, 15) is 19.8 Å². The molecule has 57 heavy (non-hydrogen) atoms. The Bertz CT molecular complexity index is 863. The summed E-state index contributed by atoms with van der Waals surface area (Å²) < 4.78 is 5.93. The second kappa shape index (κ2) is 45.7. The molecule has 0 fully saturated rings. The van der Waals surface area contributed by atoms with Crippen LogP contribution in [0.4, 0.5) is 0 Å². The lowest BCUT2D eigenvalue weighted by Gasteiger charge is -2.24. The molecule has 0 bridgehead atoms. The zero-order chi connectivity index (χ0) is 41.7. The number of aliphatic hydroxyl groups is 2. The average Bonchev–Trinajstić information content (AvgIpc) is 3.20. The normalized spacial score (nSPS) is 13.3. The summed E-state index contributed by atoms with van der Waals surface area (Å²) >= 11 is 0. The molecule has 0 heterocycles. The average molecular weight is 806 g/mol. The number of nitrogens with one attached hydrogen (secondary N) is 1. The van der Waals surface area contributed by atoms with Gasteiger partial charge in [0.2, 0.25) is 5.91 Å². The Kier molecular flexibility index (Phi) is 44.6. The monoisotopic (exact) mass is 806 g/mol. The van der Waals surface area contributed by atoms with Gasteiger partial charge in [0.15, 0.2) is 0 Å². The number of carbonyl (C=O) groups excluding carboxylic acids is 2. The van der Waals surface area contributed by atoms with Gasteiger partial charge in [-0.05, 0) is 51.4 Å². The van der Waals surface area contributed by atoms with E-state index in [4.69, 9.17) is 4.74 Å². The zero-order valence-corrected chi connectivity index (χ0v) is 38.5. The molecule has 0 aromatic rings. The second-order valence-corrected chi connectivity index (χ2v) is 17.6. The van der Waals surface area contributed by atoms with Crippen LogP contribution in [0, 0.1) is 0 Å². The van der Waals surface area contributed by atoms with Crippen molar-refractivity contribution >= 4 is 11.9 Å². The third kappa shape index (κ3) is 41.1. The minimum Gasteiger partial charge on any atom is -0.462 e. The van der Waals surface area contributed by atoms with E-state index < -0.39 is 18.2 Å². The van der Waals surface area contributed by atoms with Crippen LogP contribution in [0.3, 0.4) is 0 Å². The molecule has 0 aromatic heterocycles. The Morgan fingerprint density at radius 3 is 1.26 bits per heavy atom. The van der Waals surface area contributed by atoms with Gasteiger partial charge in [-0.3, -0.25) is 9.59 Å². The number of esters is 1. The van der Waals surface area contributed by atoms with Gasteiger partial charge in [-0.2, -0.15) is 0 Å². The quantitative estimate of drug-likeness (QED) is 0.0323. The van der Waals surface area contributed by atoms with Gasteiger partial charge in [0.25, 0.3) is 0 Å². The topological polar surface area (TPSA) is 95.9 Å². The van der Waals surface area contributed by atoms with Gasteiger partial charge >= 0.3 is 5.97 Å². The number of rotatable bonds is 46. The number of hydrogen-bond donors (Lipinski definition) is 3. The number of hydrogen-bond acceptors (Lipinski definition) is 5. The highest BCUT2D eigenvalue weighted by Crippen LogP contribution is 2.18. The summed E-state index contributed by atoms with van der Waals surface area (Å²) in [7, 11) is 0. The Labute approximate surface area is 355 Å². The summed E-state index contributed by atoms with van der Waals surface area (Å²) in [5.41, 5.74) is 0. The van der Waals surface area contributed by atoms with Crippen molar-refractivity contribution in [1.82, 2.24) is 5.32 Å². The fourth-order valence-electron chi connectivity index (χ4n) is 7.96. The standard InChI is InChI=1S/C51H99NO5/c1-4-7-10-13-16-19-22-24-25-26-29-32-35-38-41-44-51(56)57-47(42-39-36-33-30-28-23-20-17-14-11-8-5-2)45-50(55)52-48(46-53)49(54)43-40-37-34-31-27-21-18-15-12-9-6-3/h19,22,47-49,53-54H,4-18,20-21,23-46H2,1-3H3,(H,52,55)/b22-19-. The Morgan fingerprint density at radius 2 is 0.842 bits per heavy atom. The van der Waals surface area contributed by atoms with Crippen LogP contribution in [-0.4, -0.2) is 46.9 Å². The molecule has 0 saturated carbocycles. The summed E-state index contributed by atoms with van der Waals surface area (Å²) in [5.74, 6) is -0.463. The van der Waals surface area contributed by atoms with Crippen LogP contribution < -0.4 is 5.32 Å². The third-order valence-corrected chi connectivity index (χ3v) is 11.8. The van der Waals surface area contributed by atoms with Gasteiger partial charge < -0.3 is 20.3 Å². The van der Waals surface area contributed by atoms with Crippen molar-refractivity contribution in [3.63, 3.8) is 0 Å². The van der Waals surface area contributed by atoms with Crippen LogP contribution in [0.5, 0.6) is 0 Å². The van der Waals surface area contributed by atoms with E-state index in [2.05, 4.69) is 38.2 Å². The molecule has 0 aliphatic carbocycles. The molecule has 0 rings (SSSR count). The first-order valence-electron chi connectivity index (χ1n) is 25.4. The Balaban J connectivity index is 4.53. The summed E-state index contributed by atoms with van der Waals surface area (Å²) in [6, 6.07) is -0.694. The van der Waals surface area contributed by atoms with Crippen LogP contribution in [0.1, 0.15) is 278 Å². The molecule has 0 spiro atoms. The zero-order valence-electron chi connectivity index (χ0n) is 38.5. The summed E-state index contributed by atoms with van der Waals surface area (Å²) in [6.45, 7) is 6.48. The molecule has 0 saturated heterocycles. The van der Waals surface area contributed by atoms with Crippen molar-refractivity contribution in [2.75, 3.05) is 6.61 Å². The van der Waals surface area contributed by atoms with E-state index in [0.29, 0.717) is 19.3 Å². The summed E-state index contributed by atoms with van der Waals surface area (Å²) in [5, 5.41) is 23.7. The van der Waals surface area contributed by atoms with E-state index in [1.54, 1.807) is 0 Å². The minimum absolute atomic E-state index is 0.0828. The molecule has 6 nitrogen and oxygen atoms in total. The predicted octanol–water partition coefficient (Wildman–Crippen LogP) is 15.0. The molecule has 0 aliphatic rings. The first-order valence-corrected chi connectivity index (χ1v) is 25.4. The molecule has 338 valence electrons. The van der Waals surface area contributed by atoms with Gasteiger partial charge in [-0.25, -0.2) is 0 Å². The van der Waals surface area contributed by atoms with E-state index in [-0.39, 0.29) is 24.9 Å². The highest BCUT2D eigenvalue weighted by Gasteiger charge is 2.24. The highest BCUT2D eigenvalue weighted by molar-refractivity contribution is 5.77. The van der Waals surface area contributed by atoms with Crippen molar-refractivity contribution in [1.29, 1.82) is 0 Å². The fraction of sp³-hybridized carbons (Fsp3) is 0.922. The van der Waals surface area contributed by atoms with Gasteiger partial charge in [-0.15, -0.1) is 0 Å². The largest absolute Gasteiger partial charge is 0.462 e. The smallest absolute Gasteiger partial charge is 0.306 e. The van der Waals surface area contributed by atoms with Crippen molar-refractivity contribution < 1.29 is 24.5 Å². The number of unbranched alkanes of at least 4 members (excludes halogenated alkanes) is 32. The van der Waals surface area contributed by atoms with E-state index in [0.717, 1.165) is 44.9 Å². The third-order valence-electron chi connectivity index (χ3n) is 11.8. The maximum absolute atomic E-state index is 13.2. The second-order valence-electron chi connectivity index (χ2n) is 17.6. The van der Waals surface area contributed by atoms with Crippen molar-refractivity contribution in [3.05, 3.63) is 12.2 Å². The lowest BCUT2D eigenvalue weighted by atomic mass is 10.0. The molecule has 0 aliphatic heterocycles. The van der Waals surface area contributed by atoms with E-state index in [1.165, 1.54) is 186 Å². The predicted molar refractivity (Wildman–Crippen MR) is 246 cm³/mol. The molecule has 0 aromatic carbocycles. The minimum atomic E-state index is -0.781. The van der Waals surface area contributed by atoms with Crippen molar-refractivity contribution in [3.8, 4) is 0 Å². The van der Waals surface area contributed by atoms with Crippen LogP contribution >= 0.6 is 0 Å². The Hall–Kier alpha value is -1.40. The summed E-state index contributed by atoms with van der Waals surface area (Å²) in [4.78, 5) is 26.1. The number of aliphatic hydroxyl groups excluding tert-OH is 2. The number of ether oxygens (including phenoxy) is 1. The van der Waals surface area contributed by atoms with Crippen LogP contribution in [0.15, 0.2) is 12.2 Å². The number of allylic oxidation sites excluding steroid dienone is 2. The van der Waals surface area contributed by atoms with E-state index in [1.807, 2.05) is 0 Å². The van der Waals surface area contributed by atoms with Crippen molar-refractivity contribution in [2.24, 2.45) is 0 Å². The van der Waals surface area contributed by atoms with Gasteiger partial charge in [0.05, 0.1) is 25.2 Å². The van der Waals surface area contributed by atoms with Gasteiger partial charge in [-0.1, -0.05) is 226 Å². The maximum atomic E-state index is 13.2. The van der Waals surface area contributed by atoms with Gasteiger partial charge in [0, 0.05) is 6.42 Å². The van der Waals surface area contributed by atoms with E-state index >= 15 is 0 Å². The van der Waals surface area contributed by atoms with Gasteiger partial charge in [0.1, 0.15) is 6.10 Å². The fourth-order valence-corrected chi connectivity index (χ4v) is 7.96. The first-order chi connectivity index (χ1) is 28.0. The molecular weight excluding hydrogens is 707 g/mol. The van der Waals surface area contributed by atoms with Crippen LogP contribution in [0.25, 0.3) is 0 Å². The number of carbonyl (C=O) groups is 2. The molecule has 3 atom stereocenters. The summed E-state index contributed by atoms with van der Waals surface area (Å²) in [6.07, 6.45) is 49.8. The Morgan fingerprint density at radius 1 is 0.491 bits per heavy atom. The SMILES string of the molecule is CCCCCC/C=C\CCCCCCCCCC(=O)OC(CCCCCCCCCCCCCC)CC(=O)NC(CO)C(O)CCCCCCCCCCCCC. The van der Waals surface area contributed by atoms with Crippen molar-refractivity contribution in [2.45, 2.75) is 296 Å². The molecule has 6 heteroatoms. The molecular formula is C51H99NO5. The highest BCUT2D eigenvalue weighted by atomic mass is 16.5. The van der Waals surface area contributed by atoms with Crippen LogP contribution in [0.2, 0.25) is 0 Å². The lowest BCUT2D eigenvalue weighted by molar-refractivity contribution is -0.151. The van der Waals surface area contributed by atoms with Crippen LogP contribution in [-0.2, 0) is 14.3 Å². The number of amides is 1. The molecule has 0 radical (unpaired) electrons. The lowest BCUT2D eigenvalue weighted by Crippen LogP contribution is -2.46. The molecule has 3 unspecified atom stereocenters. The molecule has 3 N–H and O–H groups in total. The maximum Gasteiger partial charge on any atom is 0.306 e. The molecule has 1 amide bonds.